The molecule has 0 aliphatic carbocycles. The Bertz CT molecular complexity index is 978. The second-order valence-corrected chi connectivity index (χ2v) is 26.4. The molecule has 0 aliphatic heterocycles. The molecule has 4 aromatic rings. The van der Waals surface area contributed by atoms with E-state index in [1.807, 2.05) is 0 Å². The third-order valence-electron chi connectivity index (χ3n) is 8.05. The maximum Gasteiger partial charge on any atom is -0.813 e. The van der Waals surface area contributed by atoms with Crippen LogP contribution >= 0.6 is 0 Å². The Morgan fingerprint density at radius 1 is 0.419 bits per heavy atom. The molecule has 4 rings (SSSR count). The molecule has 0 atom stereocenters. The Labute approximate surface area is 286 Å². The molecule has 4 aromatic carbocycles. The Morgan fingerprint density at radius 3 is 1.19 bits per heavy atom. The van der Waals surface area contributed by atoms with E-state index in [0.717, 1.165) is 0 Å². The Morgan fingerprint density at radius 2 is 0.767 bits per heavy atom. The molecule has 0 aliphatic rings. The number of hydrogen-bond acceptors (Lipinski definition) is 1. The van der Waals surface area contributed by atoms with Crippen molar-refractivity contribution in [2.75, 3.05) is 0 Å². The topological polar surface area (TPSA) is 0 Å². The molecular formula is C40H55SSn2. The molecule has 0 bridgehead atoms. The van der Waals surface area contributed by atoms with Gasteiger partial charge >= 0.3 is 275 Å². The van der Waals surface area contributed by atoms with Crippen LogP contribution in [0.4, 0.5) is 0 Å². The maximum atomic E-state index is 2.36. The standard InChI is InChI=1S/2C8H17.4C6H5.H2S.2Sn/c2*1-3-5-7-8-6-4-2;4*1-2-4-6-5-3-1;;;/h2*1,3-8H2,2H3;4*1-5H;1H2;;/q;;;;;;;;+1/p-1. The summed E-state index contributed by atoms with van der Waals surface area (Å²) in [5, 5.41) is 0. The molecular weight excluding hydrogens is 750 g/mol. The number of thiol groups is 1. The summed E-state index contributed by atoms with van der Waals surface area (Å²) >= 11 is -3.32. The zero-order chi connectivity index (χ0) is 29.5. The summed E-state index contributed by atoms with van der Waals surface area (Å²) in [5.74, 6) is 0. The first-order chi connectivity index (χ1) is 20.8. The molecule has 0 saturated carbocycles. The minimum absolute atomic E-state index is 0. The molecule has 0 fully saturated rings. The normalized spacial score (nSPS) is 10.5. The van der Waals surface area contributed by atoms with E-state index in [2.05, 4.69) is 135 Å². The molecule has 0 amide bonds. The van der Waals surface area contributed by atoms with Crippen LogP contribution in [0.2, 0.25) is 8.87 Å². The largest absolute Gasteiger partial charge is 0.813 e. The van der Waals surface area contributed by atoms with Crippen molar-refractivity contribution in [2.45, 2.75) is 99.8 Å². The van der Waals surface area contributed by atoms with Crippen LogP contribution in [0.15, 0.2) is 121 Å². The predicted octanol–water partition coefficient (Wildman–Crippen LogP) is 9.04. The fourth-order valence-electron chi connectivity index (χ4n) is 5.63. The summed E-state index contributed by atoms with van der Waals surface area (Å²) in [7, 11) is 0. The van der Waals surface area contributed by atoms with E-state index in [-0.39, 0.29) is 13.5 Å². The summed E-state index contributed by atoms with van der Waals surface area (Å²) in [6.07, 6.45) is 16.9. The van der Waals surface area contributed by atoms with Gasteiger partial charge in [0.15, 0.2) is 0 Å². The smallest absolute Gasteiger partial charge is 0.813 e. The molecule has 1 radical (unpaired) electrons. The van der Waals surface area contributed by atoms with Gasteiger partial charge in [0.25, 0.3) is 0 Å². The van der Waals surface area contributed by atoms with Crippen molar-refractivity contribution in [3.8, 4) is 0 Å². The fourth-order valence-corrected chi connectivity index (χ4v) is 21.1. The minimum Gasteiger partial charge on any atom is -0.813 e. The van der Waals surface area contributed by atoms with Gasteiger partial charge in [0.2, 0.25) is 0 Å². The van der Waals surface area contributed by atoms with Gasteiger partial charge < -0.3 is 13.5 Å². The third-order valence-corrected chi connectivity index (χ3v) is 24.7. The van der Waals surface area contributed by atoms with Crippen molar-refractivity contribution in [1.29, 1.82) is 0 Å². The molecule has 0 spiro atoms. The van der Waals surface area contributed by atoms with Crippen LogP contribution < -0.4 is 14.3 Å². The Hall–Kier alpha value is -1.17. The van der Waals surface area contributed by atoms with Crippen LogP contribution in [0.3, 0.4) is 0 Å². The zero-order valence-corrected chi connectivity index (χ0v) is 33.5. The summed E-state index contributed by atoms with van der Waals surface area (Å²) in [5.41, 5.74) is 0. The van der Waals surface area contributed by atoms with E-state index in [1.54, 1.807) is 14.3 Å². The van der Waals surface area contributed by atoms with Crippen LogP contribution in [-0.2, 0) is 13.5 Å². The van der Waals surface area contributed by atoms with Crippen molar-refractivity contribution < 1.29 is 0 Å². The van der Waals surface area contributed by atoms with Gasteiger partial charge in [-0.15, -0.1) is 0 Å². The van der Waals surface area contributed by atoms with Gasteiger partial charge in [-0.05, 0) is 0 Å². The van der Waals surface area contributed by atoms with Crippen LogP contribution in [0.25, 0.3) is 0 Å². The summed E-state index contributed by atoms with van der Waals surface area (Å²) in [6.45, 7) is 4.58. The van der Waals surface area contributed by atoms with Crippen LogP contribution in [-0.4, -0.2) is 39.5 Å². The van der Waals surface area contributed by atoms with Crippen molar-refractivity contribution in [3.05, 3.63) is 121 Å². The summed E-state index contributed by atoms with van der Waals surface area (Å²) in [6, 6.07) is 45.1. The van der Waals surface area contributed by atoms with E-state index in [4.69, 9.17) is 0 Å². The zero-order valence-electron chi connectivity index (χ0n) is 26.9. The van der Waals surface area contributed by atoms with E-state index < -0.39 is 39.5 Å². The average Bonchev–Trinajstić information content (AvgIpc) is 3.06. The third kappa shape index (κ3) is 15.6. The van der Waals surface area contributed by atoms with E-state index in [1.165, 1.54) is 85.9 Å². The summed E-state index contributed by atoms with van der Waals surface area (Å²) in [4.78, 5) is 0. The number of hydrogen-bond donors (Lipinski definition) is 0. The maximum absolute atomic E-state index is 2.36. The second-order valence-electron chi connectivity index (χ2n) is 11.5. The molecule has 0 aromatic heterocycles. The van der Waals surface area contributed by atoms with Gasteiger partial charge in [-0.25, -0.2) is 0 Å². The Kier molecular flexibility index (Phi) is 22.2. The van der Waals surface area contributed by atoms with Crippen molar-refractivity contribution >= 4 is 67.3 Å². The van der Waals surface area contributed by atoms with E-state index in [9.17, 15) is 0 Å². The number of benzene rings is 4. The van der Waals surface area contributed by atoms with E-state index in [0.29, 0.717) is 0 Å². The summed E-state index contributed by atoms with van der Waals surface area (Å²) < 4.78 is 9.53. The van der Waals surface area contributed by atoms with Crippen LogP contribution in [0.1, 0.15) is 90.9 Å². The predicted molar refractivity (Wildman–Crippen MR) is 201 cm³/mol. The van der Waals surface area contributed by atoms with Crippen LogP contribution in [0.5, 0.6) is 0 Å². The van der Waals surface area contributed by atoms with Gasteiger partial charge in [-0.1, -0.05) is 0 Å². The number of rotatable bonds is 18. The fraction of sp³-hybridized carbons (Fsp3) is 0.400. The number of unbranched alkanes of at least 4 members (excludes halogenated alkanes) is 10. The monoisotopic (exact) mass is 807 g/mol. The van der Waals surface area contributed by atoms with Crippen molar-refractivity contribution in [3.63, 3.8) is 0 Å². The molecule has 0 saturated heterocycles. The molecule has 0 N–H and O–H groups in total. The molecule has 0 unspecified atom stereocenters. The second kappa shape index (κ2) is 25.1. The Balaban J connectivity index is 0.000000293. The molecule has 0 heterocycles. The quantitative estimate of drug-likeness (QED) is 0.0419. The molecule has 229 valence electrons. The SMILES string of the molecule is CCCCCCC[CH2][Sn+]([c]1ccccc1)[c]1ccccc1.CCCCCCC[CH2][Sn]([c]1ccccc1)[c]1ccccc1.[SH-]. The molecule has 3 heteroatoms. The van der Waals surface area contributed by atoms with Gasteiger partial charge in [-0.3, -0.25) is 0 Å². The van der Waals surface area contributed by atoms with Crippen LogP contribution in [0, 0.1) is 0 Å². The first kappa shape index (κ1) is 38.0. The van der Waals surface area contributed by atoms with Gasteiger partial charge in [0.05, 0.1) is 0 Å². The first-order valence-corrected chi connectivity index (χ1v) is 26.5. The average molecular weight is 805 g/mol. The van der Waals surface area contributed by atoms with Crippen molar-refractivity contribution in [2.24, 2.45) is 0 Å². The minimum atomic E-state index is -1.66. The van der Waals surface area contributed by atoms with E-state index >= 15 is 0 Å². The van der Waals surface area contributed by atoms with Gasteiger partial charge in [0, 0.05) is 0 Å². The molecule has 0 nitrogen and oxygen atoms in total. The first-order valence-electron chi connectivity index (χ1n) is 16.8. The van der Waals surface area contributed by atoms with Crippen molar-refractivity contribution in [1.82, 2.24) is 0 Å². The van der Waals surface area contributed by atoms with Gasteiger partial charge in [0.1, 0.15) is 0 Å². The van der Waals surface area contributed by atoms with Gasteiger partial charge in [-0.2, -0.15) is 0 Å². The molecule has 43 heavy (non-hydrogen) atoms.